The lowest BCUT2D eigenvalue weighted by atomic mass is 10.1. The van der Waals surface area contributed by atoms with E-state index in [9.17, 15) is 9.59 Å². The minimum atomic E-state index is -0.485. The maximum atomic E-state index is 12.2. The Morgan fingerprint density at radius 1 is 1.38 bits per heavy atom. The van der Waals surface area contributed by atoms with E-state index < -0.39 is 6.04 Å². The fourth-order valence-corrected chi connectivity index (χ4v) is 2.22. The largest absolute Gasteiger partial charge is 0.354 e. The van der Waals surface area contributed by atoms with Crippen LogP contribution in [0.3, 0.4) is 0 Å². The summed E-state index contributed by atoms with van der Waals surface area (Å²) in [5, 5.41) is 9.52. The Kier molecular flexibility index (Phi) is 3.63. The summed E-state index contributed by atoms with van der Waals surface area (Å²) in [6.45, 7) is 0.665. The maximum absolute atomic E-state index is 12.2. The Labute approximate surface area is 121 Å². The van der Waals surface area contributed by atoms with E-state index in [0.29, 0.717) is 18.8 Å². The molecule has 2 aromatic rings. The van der Waals surface area contributed by atoms with Gasteiger partial charge >= 0.3 is 0 Å². The van der Waals surface area contributed by atoms with Gasteiger partial charge in [-0.15, -0.1) is 0 Å². The van der Waals surface area contributed by atoms with Gasteiger partial charge in [0.25, 0.3) is 5.91 Å². The van der Waals surface area contributed by atoms with E-state index in [4.69, 9.17) is 0 Å². The van der Waals surface area contributed by atoms with Gasteiger partial charge in [0.1, 0.15) is 11.7 Å². The Balaban J connectivity index is 1.75. The fraction of sp³-hybridized carbons (Fsp3) is 0.286. The predicted octanol–water partition coefficient (Wildman–Crippen LogP) is 0.276. The molecular formula is C14H15N5O2. The lowest BCUT2D eigenvalue weighted by Crippen LogP contribution is -2.50. The van der Waals surface area contributed by atoms with Crippen LogP contribution in [0.15, 0.2) is 36.7 Å². The monoisotopic (exact) mass is 285 g/mol. The van der Waals surface area contributed by atoms with Crippen LogP contribution in [0, 0.1) is 0 Å². The fourth-order valence-electron chi connectivity index (χ4n) is 2.22. The van der Waals surface area contributed by atoms with Gasteiger partial charge in [-0.2, -0.15) is 5.10 Å². The number of hydrogen-bond acceptors (Lipinski definition) is 4. The minimum absolute atomic E-state index is 0.141. The lowest BCUT2D eigenvalue weighted by Gasteiger charge is -2.22. The average molecular weight is 285 g/mol. The molecule has 2 aromatic heterocycles. The highest BCUT2D eigenvalue weighted by Crippen LogP contribution is 2.07. The molecule has 7 heteroatoms. The van der Waals surface area contributed by atoms with E-state index in [1.807, 2.05) is 0 Å². The number of nitrogens with zero attached hydrogens (tertiary/aromatic N) is 3. The van der Waals surface area contributed by atoms with Gasteiger partial charge in [0.2, 0.25) is 5.91 Å². The third kappa shape index (κ3) is 2.91. The summed E-state index contributed by atoms with van der Waals surface area (Å²) in [4.78, 5) is 28.1. The molecule has 0 aliphatic carbocycles. The van der Waals surface area contributed by atoms with Crippen LogP contribution in [0.25, 0.3) is 5.82 Å². The smallest absolute Gasteiger partial charge is 0.270 e. The van der Waals surface area contributed by atoms with E-state index in [2.05, 4.69) is 20.7 Å². The molecule has 0 unspecified atom stereocenters. The number of carbonyl (C=O) groups excluding carboxylic acids is 2. The van der Waals surface area contributed by atoms with Gasteiger partial charge in [0.15, 0.2) is 5.82 Å². The summed E-state index contributed by atoms with van der Waals surface area (Å²) in [5.41, 5.74) is 0.265. The van der Waals surface area contributed by atoms with E-state index in [-0.39, 0.29) is 17.5 Å². The van der Waals surface area contributed by atoms with Crippen molar-refractivity contribution in [3.8, 4) is 5.82 Å². The summed E-state index contributed by atoms with van der Waals surface area (Å²) in [7, 11) is 0. The zero-order valence-corrected chi connectivity index (χ0v) is 11.3. The second-order valence-corrected chi connectivity index (χ2v) is 4.79. The van der Waals surface area contributed by atoms with Crippen molar-refractivity contribution in [2.45, 2.75) is 18.9 Å². The quantitative estimate of drug-likeness (QED) is 0.847. The van der Waals surface area contributed by atoms with Gasteiger partial charge in [0, 0.05) is 18.9 Å². The number of rotatable bonds is 3. The number of amides is 2. The van der Waals surface area contributed by atoms with Crippen molar-refractivity contribution in [2.24, 2.45) is 0 Å². The van der Waals surface area contributed by atoms with Crippen LogP contribution in [0.2, 0.25) is 0 Å². The number of carbonyl (C=O) groups is 2. The van der Waals surface area contributed by atoms with Crippen LogP contribution in [-0.2, 0) is 4.79 Å². The molecule has 0 bridgehead atoms. The first-order chi connectivity index (χ1) is 10.2. The minimum Gasteiger partial charge on any atom is -0.354 e. The van der Waals surface area contributed by atoms with Gasteiger partial charge in [-0.25, -0.2) is 9.67 Å². The van der Waals surface area contributed by atoms with Gasteiger partial charge < -0.3 is 10.6 Å². The van der Waals surface area contributed by atoms with Gasteiger partial charge in [-0.1, -0.05) is 6.07 Å². The highest BCUT2D eigenvalue weighted by atomic mass is 16.2. The molecule has 3 heterocycles. The number of hydrogen-bond donors (Lipinski definition) is 2. The van der Waals surface area contributed by atoms with Gasteiger partial charge in [-0.05, 0) is 31.0 Å². The van der Waals surface area contributed by atoms with E-state index >= 15 is 0 Å². The molecule has 1 fully saturated rings. The number of piperidine rings is 1. The zero-order chi connectivity index (χ0) is 14.7. The van der Waals surface area contributed by atoms with E-state index in [1.165, 1.54) is 0 Å². The van der Waals surface area contributed by atoms with E-state index in [0.717, 1.165) is 6.42 Å². The normalized spacial score (nSPS) is 18.1. The van der Waals surface area contributed by atoms with Gasteiger partial charge in [-0.3, -0.25) is 9.59 Å². The van der Waals surface area contributed by atoms with Crippen molar-refractivity contribution in [1.29, 1.82) is 0 Å². The molecule has 1 atom stereocenters. The molecule has 1 saturated heterocycles. The van der Waals surface area contributed by atoms with Crippen molar-refractivity contribution < 1.29 is 9.59 Å². The molecule has 2 amide bonds. The SMILES string of the molecule is O=C(N[C@H]1CCCNC1=O)c1cccc(-n2cccn2)n1. The molecule has 2 N–H and O–H groups in total. The molecule has 1 aliphatic heterocycles. The third-order valence-electron chi connectivity index (χ3n) is 3.30. The summed E-state index contributed by atoms with van der Waals surface area (Å²) in [6.07, 6.45) is 4.90. The van der Waals surface area contributed by atoms with Crippen LogP contribution in [0.5, 0.6) is 0 Å². The molecular weight excluding hydrogens is 270 g/mol. The highest BCUT2D eigenvalue weighted by molar-refractivity contribution is 5.96. The predicted molar refractivity (Wildman–Crippen MR) is 74.9 cm³/mol. The average Bonchev–Trinajstić information content (AvgIpc) is 3.04. The first-order valence-electron chi connectivity index (χ1n) is 6.80. The van der Waals surface area contributed by atoms with Gasteiger partial charge in [0.05, 0.1) is 0 Å². The lowest BCUT2D eigenvalue weighted by molar-refractivity contribution is -0.124. The first kappa shape index (κ1) is 13.3. The number of nitrogens with one attached hydrogen (secondary N) is 2. The standard InChI is InChI=1S/C14H15N5O2/c20-13-10(5-2-7-15-13)18-14(21)11-4-1-6-12(17-11)19-9-3-8-16-19/h1,3-4,6,8-10H,2,5,7H2,(H,15,20)(H,18,21)/t10-/m0/s1. The second kappa shape index (κ2) is 5.74. The second-order valence-electron chi connectivity index (χ2n) is 4.79. The first-order valence-corrected chi connectivity index (χ1v) is 6.80. The molecule has 0 aromatic carbocycles. The maximum Gasteiger partial charge on any atom is 0.270 e. The Morgan fingerprint density at radius 3 is 3.05 bits per heavy atom. The molecule has 21 heavy (non-hydrogen) atoms. The Hall–Kier alpha value is -2.70. The molecule has 7 nitrogen and oxygen atoms in total. The summed E-state index contributed by atoms with van der Waals surface area (Å²) in [5.74, 6) is 0.0598. The summed E-state index contributed by atoms with van der Waals surface area (Å²) >= 11 is 0. The van der Waals surface area contributed by atoms with Crippen LogP contribution in [0.1, 0.15) is 23.3 Å². The summed E-state index contributed by atoms with van der Waals surface area (Å²) < 4.78 is 1.57. The van der Waals surface area contributed by atoms with Crippen LogP contribution in [0.4, 0.5) is 0 Å². The molecule has 108 valence electrons. The van der Waals surface area contributed by atoms with E-state index in [1.54, 1.807) is 41.3 Å². The molecule has 3 rings (SSSR count). The van der Waals surface area contributed by atoms with Crippen molar-refractivity contribution in [3.63, 3.8) is 0 Å². The van der Waals surface area contributed by atoms with Crippen molar-refractivity contribution in [3.05, 3.63) is 42.4 Å². The number of aromatic nitrogens is 3. The summed E-state index contributed by atoms with van der Waals surface area (Å²) in [6, 6.07) is 6.40. The zero-order valence-electron chi connectivity index (χ0n) is 11.3. The molecule has 0 radical (unpaired) electrons. The molecule has 1 aliphatic rings. The Bertz CT molecular complexity index is 653. The Morgan fingerprint density at radius 2 is 2.29 bits per heavy atom. The highest BCUT2D eigenvalue weighted by Gasteiger charge is 2.24. The molecule has 0 saturated carbocycles. The topological polar surface area (TPSA) is 88.9 Å². The molecule has 0 spiro atoms. The van der Waals surface area contributed by atoms with Crippen LogP contribution in [-0.4, -0.2) is 39.2 Å². The van der Waals surface area contributed by atoms with Crippen molar-refractivity contribution in [2.75, 3.05) is 6.54 Å². The number of pyridine rings is 1. The van der Waals surface area contributed by atoms with Crippen molar-refractivity contribution in [1.82, 2.24) is 25.4 Å². The van der Waals surface area contributed by atoms with Crippen LogP contribution < -0.4 is 10.6 Å². The van der Waals surface area contributed by atoms with Crippen LogP contribution >= 0.6 is 0 Å². The third-order valence-corrected chi connectivity index (χ3v) is 3.30. The van der Waals surface area contributed by atoms with Crippen molar-refractivity contribution >= 4 is 11.8 Å².